The third kappa shape index (κ3) is 3.22. The summed E-state index contributed by atoms with van der Waals surface area (Å²) in [6, 6.07) is 11.0. The zero-order valence-electron chi connectivity index (χ0n) is 16.9. The highest BCUT2D eigenvalue weighted by Crippen LogP contribution is 2.21. The van der Waals surface area contributed by atoms with Crippen LogP contribution in [0.2, 0.25) is 0 Å². The fourth-order valence-corrected chi connectivity index (χ4v) is 3.54. The molecule has 156 valence electrons. The van der Waals surface area contributed by atoms with Gasteiger partial charge in [-0.1, -0.05) is 6.07 Å². The van der Waals surface area contributed by atoms with Crippen LogP contribution in [-0.4, -0.2) is 39.4 Å². The van der Waals surface area contributed by atoms with Crippen molar-refractivity contribution in [3.05, 3.63) is 65.0 Å². The second-order valence-electron chi connectivity index (χ2n) is 7.12. The summed E-state index contributed by atoms with van der Waals surface area (Å²) in [5.41, 5.74) is 3.28. The van der Waals surface area contributed by atoms with Crippen molar-refractivity contribution in [1.29, 1.82) is 0 Å². The molecule has 5 rings (SSSR count). The third-order valence-corrected chi connectivity index (χ3v) is 5.05. The van der Waals surface area contributed by atoms with Crippen molar-refractivity contribution in [2.75, 3.05) is 5.32 Å². The van der Waals surface area contributed by atoms with E-state index in [0.717, 1.165) is 16.7 Å². The fraction of sp³-hybridized carbons (Fsp3) is 0.190. The molecule has 31 heavy (non-hydrogen) atoms. The van der Waals surface area contributed by atoms with Gasteiger partial charge in [0.05, 0.1) is 29.2 Å². The number of aliphatic hydroxyl groups excluding tert-OH is 1. The highest BCUT2D eigenvalue weighted by atomic mass is 16.3. The summed E-state index contributed by atoms with van der Waals surface area (Å²) < 4.78 is 3.21. The number of H-pyrrole nitrogens is 1. The van der Waals surface area contributed by atoms with Crippen LogP contribution in [0.1, 0.15) is 25.6 Å². The normalized spacial score (nSPS) is 12.5. The minimum Gasteiger partial charge on any atom is -0.387 e. The number of hydrogen-bond donors (Lipinski definition) is 3. The Balaban J connectivity index is 1.64. The van der Waals surface area contributed by atoms with Gasteiger partial charge in [0.1, 0.15) is 5.39 Å². The fourth-order valence-electron chi connectivity index (χ4n) is 3.54. The molecule has 10 heteroatoms. The van der Waals surface area contributed by atoms with E-state index in [-0.39, 0.29) is 5.56 Å². The van der Waals surface area contributed by atoms with Crippen LogP contribution in [0.5, 0.6) is 0 Å². The highest BCUT2D eigenvalue weighted by Gasteiger charge is 2.18. The SMILES string of the molecule is CCn1c(=O)c2cnc(Nc3ccc4nc[nH]c4c3)nc2n1-c1cccc(C(C)O)n1. The number of aromatic nitrogens is 7. The van der Waals surface area contributed by atoms with Gasteiger partial charge in [-0.25, -0.2) is 24.3 Å². The van der Waals surface area contributed by atoms with E-state index in [1.54, 1.807) is 40.8 Å². The molecule has 0 fully saturated rings. The molecule has 1 unspecified atom stereocenters. The van der Waals surface area contributed by atoms with Crippen LogP contribution in [0, 0.1) is 0 Å². The van der Waals surface area contributed by atoms with Gasteiger partial charge >= 0.3 is 0 Å². The largest absolute Gasteiger partial charge is 0.387 e. The molecule has 5 aromatic rings. The van der Waals surface area contributed by atoms with Crippen LogP contribution in [0.3, 0.4) is 0 Å². The predicted octanol–water partition coefficient (Wildman–Crippen LogP) is 2.67. The van der Waals surface area contributed by atoms with Gasteiger partial charge in [-0.05, 0) is 44.2 Å². The molecule has 0 saturated heterocycles. The van der Waals surface area contributed by atoms with Gasteiger partial charge in [-0.15, -0.1) is 0 Å². The van der Waals surface area contributed by atoms with Crippen LogP contribution >= 0.6 is 0 Å². The van der Waals surface area contributed by atoms with E-state index >= 15 is 0 Å². The van der Waals surface area contributed by atoms with E-state index in [0.29, 0.717) is 35.0 Å². The number of fused-ring (bicyclic) bond motifs is 2. The summed E-state index contributed by atoms with van der Waals surface area (Å²) >= 11 is 0. The number of aliphatic hydroxyl groups is 1. The monoisotopic (exact) mass is 416 g/mol. The van der Waals surface area contributed by atoms with E-state index in [1.165, 1.54) is 6.20 Å². The Morgan fingerprint density at radius 3 is 2.87 bits per heavy atom. The lowest BCUT2D eigenvalue weighted by Crippen LogP contribution is -2.22. The van der Waals surface area contributed by atoms with E-state index in [2.05, 4.69) is 30.2 Å². The van der Waals surface area contributed by atoms with Gasteiger partial charge in [0.2, 0.25) is 5.95 Å². The lowest BCUT2D eigenvalue weighted by atomic mass is 10.2. The van der Waals surface area contributed by atoms with Crippen molar-refractivity contribution in [1.82, 2.24) is 34.3 Å². The molecular weight excluding hydrogens is 396 g/mol. The smallest absolute Gasteiger partial charge is 0.278 e. The van der Waals surface area contributed by atoms with Crippen molar-refractivity contribution in [3.8, 4) is 5.82 Å². The number of nitrogens with zero attached hydrogens (tertiary/aromatic N) is 6. The van der Waals surface area contributed by atoms with E-state index in [1.807, 2.05) is 25.1 Å². The molecule has 3 N–H and O–H groups in total. The molecule has 0 radical (unpaired) electrons. The summed E-state index contributed by atoms with van der Waals surface area (Å²) in [5.74, 6) is 0.843. The molecular formula is C21H20N8O2. The first-order valence-corrected chi connectivity index (χ1v) is 9.89. The van der Waals surface area contributed by atoms with Crippen LogP contribution in [0.15, 0.2) is 53.7 Å². The molecule has 0 aliphatic heterocycles. The molecule has 10 nitrogen and oxygen atoms in total. The number of nitrogens with one attached hydrogen (secondary N) is 2. The van der Waals surface area contributed by atoms with Crippen molar-refractivity contribution in [2.24, 2.45) is 0 Å². The van der Waals surface area contributed by atoms with Crippen molar-refractivity contribution < 1.29 is 5.11 Å². The molecule has 0 aliphatic carbocycles. The van der Waals surface area contributed by atoms with Gasteiger partial charge in [-0.2, -0.15) is 4.98 Å². The van der Waals surface area contributed by atoms with Crippen LogP contribution in [0.25, 0.3) is 27.9 Å². The Hall–Kier alpha value is -4.05. The van der Waals surface area contributed by atoms with Gasteiger partial charge in [-0.3, -0.25) is 4.79 Å². The number of aromatic amines is 1. The number of pyridine rings is 1. The predicted molar refractivity (Wildman–Crippen MR) is 117 cm³/mol. The Labute approximate surface area is 176 Å². The van der Waals surface area contributed by atoms with Crippen LogP contribution in [-0.2, 0) is 6.54 Å². The summed E-state index contributed by atoms with van der Waals surface area (Å²) in [4.78, 5) is 33.6. The molecule has 1 aromatic carbocycles. The summed E-state index contributed by atoms with van der Waals surface area (Å²) in [6.07, 6.45) is 2.42. The number of hydrogen-bond acceptors (Lipinski definition) is 7. The maximum absolute atomic E-state index is 12.9. The first kappa shape index (κ1) is 18.9. The minimum atomic E-state index is -0.729. The first-order chi connectivity index (χ1) is 15.0. The number of imidazole rings is 1. The molecule has 0 saturated carbocycles. The lowest BCUT2D eigenvalue weighted by Gasteiger charge is -2.12. The number of benzene rings is 1. The van der Waals surface area contributed by atoms with Crippen molar-refractivity contribution in [2.45, 2.75) is 26.5 Å². The first-order valence-electron chi connectivity index (χ1n) is 9.89. The topological polar surface area (TPSA) is 127 Å². The highest BCUT2D eigenvalue weighted by molar-refractivity contribution is 5.81. The van der Waals surface area contributed by atoms with E-state index < -0.39 is 6.10 Å². The maximum atomic E-state index is 12.9. The standard InChI is InChI=1S/C21H20N8O2/c1-3-28-20(31)14-10-22-21(25-13-7-8-16-17(9-13)24-11-23-16)27-19(14)29(28)18-6-4-5-15(26-18)12(2)30/h4-12,30H,3H2,1-2H3,(H,23,24)(H,22,25,27). The Kier molecular flexibility index (Phi) is 4.48. The number of rotatable bonds is 5. The molecule has 0 bridgehead atoms. The maximum Gasteiger partial charge on any atom is 0.278 e. The molecule has 0 aliphatic rings. The lowest BCUT2D eigenvalue weighted by molar-refractivity contribution is 0.194. The minimum absolute atomic E-state index is 0.202. The Bertz CT molecular complexity index is 1460. The van der Waals surface area contributed by atoms with Gasteiger partial charge < -0.3 is 15.4 Å². The average Bonchev–Trinajstić information content (AvgIpc) is 3.35. The second-order valence-corrected chi connectivity index (χ2v) is 7.12. The molecule has 4 heterocycles. The third-order valence-electron chi connectivity index (χ3n) is 5.05. The average molecular weight is 416 g/mol. The van der Waals surface area contributed by atoms with Crippen molar-refractivity contribution in [3.63, 3.8) is 0 Å². The Morgan fingerprint density at radius 2 is 2.06 bits per heavy atom. The summed E-state index contributed by atoms with van der Waals surface area (Å²) in [7, 11) is 0. The summed E-state index contributed by atoms with van der Waals surface area (Å²) in [6.45, 7) is 3.95. The van der Waals surface area contributed by atoms with Gasteiger partial charge in [0, 0.05) is 18.4 Å². The zero-order valence-corrected chi connectivity index (χ0v) is 16.9. The van der Waals surface area contributed by atoms with E-state index in [9.17, 15) is 9.90 Å². The van der Waals surface area contributed by atoms with Gasteiger partial charge in [0.25, 0.3) is 5.56 Å². The zero-order chi connectivity index (χ0) is 21.5. The van der Waals surface area contributed by atoms with E-state index in [4.69, 9.17) is 0 Å². The second kappa shape index (κ2) is 7.33. The molecule has 0 spiro atoms. The molecule has 4 aromatic heterocycles. The van der Waals surface area contributed by atoms with Gasteiger partial charge in [0.15, 0.2) is 11.5 Å². The Morgan fingerprint density at radius 1 is 1.19 bits per heavy atom. The van der Waals surface area contributed by atoms with Crippen LogP contribution < -0.4 is 10.9 Å². The quantitative estimate of drug-likeness (QED) is 0.402. The van der Waals surface area contributed by atoms with Crippen LogP contribution in [0.4, 0.5) is 11.6 Å². The molecule has 0 amide bonds. The molecule has 1 atom stereocenters. The number of anilines is 2. The van der Waals surface area contributed by atoms with Crippen molar-refractivity contribution >= 4 is 33.7 Å². The summed E-state index contributed by atoms with van der Waals surface area (Å²) in [5, 5.41) is 13.5.